The minimum Gasteiger partial charge on any atom is -0.462 e. The molecule has 3 saturated heterocycles. The highest BCUT2D eigenvalue weighted by atomic mass is 35.5. The number of methoxy groups -OCH3 is 1. The number of likely N-dealkylation sites (tertiary alicyclic amines) is 1. The van der Waals surface area contributed by atoms with Crippen LogP contribution in [0.3, 0.4) is 0 Å². The summed E-state index contributed by atoms with van der Waals surface area (Å²) >= 11 is 6.58. The molecule has 10 heteroatoms. The number of fused-ring (bicyclic) bond motifs is 4. The third-order valence-corrected chi connectivity index (χ3v) is 8.97. The van der Waals surface area contributed by atoms with E-state index in [1.165, 1.54) is 0 Å². The van der Waals surface area contributed by atoms with Gasteiger partial charge in [-0.05, 0) is 37.8 Å². The van der Waals surface area contributed by atoms with E-state index in [2.05, 4.69) is 32.1 Å². The van der Waals surface area contributed by atoms with E-state index in [0.717, 1.165) is 49.7 Å². The smallest absolute Gasteiger partial charge is 0.319 e. The van der Waals surface area contributed by atoms with Crippen LogP contribution in [-0.4, -0.2) is 84.5 Å². The molecule has 208 valence electrons. The summed E-state index contributed by atoms with van der Waals surface area (Å²) in [5, 5.41) is 6.47. The Morgan fingerprint density at radius 2 is 1.85 bits per heavy atom. The average Bonchev–Trinajstić information content (AvgIpc) is 3.51. The van der Waals surface area contributed by atoms with E-state index in [1.807, 2.05) is 36.4 Å². The van der Waals surface area contributed by atoms with Gasteiger partial charge in [0.25, 0.3) is 0 Å². The van der Waals surface area contributed by atoms with Crippen molar-refractivity contribution in [3.63, 3.8) is 0 Å². The van der Waals surface area contributed by atoms with Crippen LogP contribution < -0.4 is 15.0 Å². The Morgan fingerprint density at radius 3 is 2.60 bits per heavy atom. The lowest BCUT2D eigenvalue weighted by molar-refractivity contribution is 0.111. The predicted octanol–water partition coefficient (Wildman–Crippen LogP) is 4.68. The summed E-state index contributed by atoms with van der Waals surface area (Å²) in [5.41, 5.74) is 1.04. The standard InChI is InChI=1S/C30H32ClFN6O2/c1-37-15-21(39-2)11-20(37)16-40-30-35-28-23(29(36-30)38-13-18-9-10-19(14-38)34-18)12-33-27(26(28)32)22-7-3-5-17-6-4-8-24(31)25(17)22/h3-8,12,18-21,34H,9-11,13-16H2,1-2H3/t18-,19+,20-,21+/m0/s1. The van der Waals surface area contributed by atoms with Gasteiger partial charge in [-0.15, -0.1) is 0 Å². The van der Waals surface area contributed by atoms with Gasteiger partial charge in [0.1, 0.15) is 23.6 Å². The van der Waals surface area contributed by atoms with Gasteiger partial charge in [0.2, 0.25) is 0 Å². The molecule has 0 aliphatic carbocycles. The third-order valence-electron chi connectivity index (χ3n) is 8.66. The van der Waals surface area contributed by atoms with Gasteiger partial charge in [-0.1, -0.05) is 41.9 Å². The van der Waals surface area contributed by atoms with Crippen molar-refractivity contribution in [1.82, 2.24) is 25.2 Å². The van der Waals surface area contributed by atoms with E-state index >= 15 is 4.39 Å². The molecule has 5 heterocycles. The van der Waals surface area contributed by atoms with Gasteiger partial charge in [0, 0.05) is 67.0 Å². The molecular weight excluding hydrogens is 531 g/mol. The molecule has 7 rings (SSSR count). The molecule has 4 aromatic rings. The van der Waals surface area contributed by atoms with Crippen molar-refractivity contribution in [2.24, 2.45) is 0 Å². The van der Waals surface area contributed by atoms with Crippen LogP contribution in [0.2, 0.25) is 5.02 Å². The summed E-state index contributed by atoms with van der Waals surface area (Å²) in [6.45, 7) is 2.83. The van der Waals surface area contributed by atoms with Crippen LogP contribution in [0, 0.1) is 5.82 Å². The molecule has 3 aliphatic heterocycles. The van der Waals surface area contributed by atoms with Crippen molar-refractivity contribution in [2.75, 3.05) is 45.3 Å². The first kappa shape index (κ1) is 25.8. The molecule has 40 heavy (non-hydrogen) atoms. The largest absolute Gasteiger partial charge is 0.462 e. The zero-order valence-corrected chi connectivity index (χ0v) is 23.4. The maximum Gasteiger partial charge on any atom is 0.319 e. The number of hydrogen-bond acceptors (Lipinski definition) is 8. The van der Waals surface area contributed by atoms with Crippen molar-refractivity contribution in [3.05, 3.63) is 53.4 Å². The van der Waals surface area contributed by atoms with Gasteiger partial charge in [0.05, 0.1) is 11.5 Å². The second-order valence-corrected chi connectivity index (χ2v) is 11.6. The number of halogens is 2. The maximum atomic E-state index is 16.5. The summed E-state index contributed by atoms with van der Waals surface area (Å²) in [6, 6.07) is 12.5. The summed E-state index contributed by atoms with van der Waals surface area (Å²) in [4.78, 5) is 18.5. The Bertz CT molecular complexity index is 1570. The van der Waals surface area contributed by atoms with Gasteiger partial charge in [-0.3, -0.25) is 9.88 Å². The molecule has 2 bridgehead atoms. The number of anilines is 1. The molecule has 0 saturated carbocycles. The van der Waals surface area contributed by atoms with Gasteiger partial charge >= 0.3 is 6.01 Å². The molecule has 2 aromatic carbocycles. The Labute approximate surface area is 237 Å². The fourth-order valence-electron chi connectivity index (χ4n) is 6.54. The van der Waals surface area contributed by atoms with Crippen molar-refractivity contribution in [3.8, 4) is 17.3 Å². The first-order valence-corrected chi connectivity index (χ1v) is 14.3. The summed E-state index contributed by atoms with van der Waals surface area (Å²) < 4.78 is 28.2. The zero-order valence-electron chi connectivity index (χ0n) is 22.6. The number of nitrogens with zero attached hydrogens (tertiary/aromatic N) is 5. The van der Waals surface area contributed by atoms with E-state index in [9.17, 15) is 0 Å². The quantitative estimate of drug-likeness (QED) is 0.363. The Morgan fingerprint density at radius 1 is 1.07 bits per heavy atom. The summed E-state index contributed by atoms with van der Waals surface area (Å²) in [7, 11) is 3.79. The number of piperazine rings is 1. The third kappa shape index (κ3) is 4.55. The molecule has 8 nitrogen and oxygen atoms in total. The first-order valence-electron chi connectivity index (χ1n) is 13.9. The van der Waals surface area contributed by atoms with Crippen LogP contribution >= 0.6 is 11.6 Å². The number of pyridine rings is 1. The number of hydrogen-bond donors (Lipinski definition) is 1. The highest BCUT2D eigenvalue weighted by Gasteiger charge is 2.35. The lowest BCUT2D eigenvalue weighted by Crippen LogP contribution is -2.51. The topological polar surface area (TPSA) is 75.6 Å². The van der Waals surface area contributed by atoms with E-state index < -0.39 is 5.82 Å². The van der Waals surface area contributed by atoms with Crippen molar-refractivity contribution in [1.29, 1.82) is 0 Å². The van der Waals surface area contributed by atoms with Gasteiger partial charge in [-0.2, -0.15) is 9.97 Å². The number of nitrogens with one attached hydrogen (secondary N) is 1. The normalized spacial score (nSPS) is 24.9. The van der Waals surface area contributed by atoms with Crippen molar-refractivity contribution < 1.29 is 13.9 Å². The molecule has 4 atom stereocenters. The zero-order chi connectivity index (χ0) is 27.4. The lowest BCUT2D eigenvalue weighted by atomic mass is 10.0. The van der Waals surface area contributed by atoms with Crippen molar-refractivity contribution >= 4 is 39.1 Å². The molecule has 3 fully saturated rings. The maximum absolute atomic E-state index is 16.5. The van der Waals surface area contributed by atoms with Crippen LogP contribution in [0.15, 0.2) is 42.6 Å². The Hall–Kier alpha value is -3.11. The Balaban J connectivity index is 1.32. The van der Waals surface area contributed by atoms with Crippen LogP contribution in [0.25, 0.3) is 32.9 Å². The highest BCUT2D eigenvalue weighted by Crippen LogP contribution is 2.38. The SMILES string of the molecule is CO[C@@H]1C[C@@H](COc2nc(N3C[C@H]4CC[C@@H](C3)N4)c3cnc(-c4cccc5cccc(Cl)c45)c(F)c3n2)N(C)C1. The molecule has 0 spiro atoms. The van der Waals surface area contributed by atoms with Gasteiger partial charge < -0.3 is 19.7 Å². The molecule has 0 amide bonds. The number of ether oxygens (including phenoxy) is 2. The monoisotopic (exact) mass is 562 g/mol. The van der Waals surface area contributed by atoms with E-state index in [-0.39, 0.29) is 29.4 Å². The fraction of sp³-hybridized carbons (Fsp3) is 0.433. The lowest BCUT2D eigenvalue weighted by Gasteiger charge is -2.34. The molecule has 0 radical (unpaired) electrons. The highest BCUT2D eigenvalue weighted by molar-refractivity contribution is 6.36. The number of likely N-dealkylation sites (N-methyl/N-ethyl adjacent to an activating group) is 1. The predicted molar refractivity (Wildman–Crippen MR) is 155 cm³/mol. The molecule has 1 N–H and O–H groups in total. The van der Waals surface area contributed by atoms with Crippen molar-refractivity contribution in [2.45, 2.75) is 43.5 Å². The van der Waals surface area contributed by atoms with Gasteiger partial charge in [-0.25, -0.2) is 4.39 Å². The van der Waals surface area contributed by atoms with E-state index in [4.69, 9.17) is 26.1 Å². The van der Waals surface area contributed by atoms with Crippen LogP contribution in [0.5, 0.6) is 6.01 Å². The van der Waals surface area contributed by atoms with Crippen LogP contribution in [0.1, 0.15) is 19.3 Å². The summed E-state index contributed by atoms with van der Waals surface area (Å²) in [6.07, 6.45) is 4.97. The fourth-order valence-corrected chi connectivity index (χ4v) is 6.83. The number of benzene rings is 2. The summed E-state index contributed by atoms with van der Waals surface area (Å²) in [5.74, 6) is 0.163. The molecule has 0 unspecified atom stereocenters. The minimum atomic E-state index is -0.506. The Kier molecular flexibility index (Phi) is 6.70. The first-order chi connectivity index (χ1) is 19.5. The second-order valence-electron chi connectivity index (χ2n) is 11.2. The number of aromatic nitrogens is 3. The van der Waals surface area contributed by atoms with E-state index in [0.29, 0.717) is 40.5 Å². The molecule has 2 aromatic heterocycles. The molecule has 3 aliphatic rings. The minimum absolute atomic E-state index is 0.165. The van der Waals surface area contributed by atoms with E-state index in [1.54, 1.807) is 13.3 Å². The molecular formula is C30H32ClFN6O2. The van der Waals surface area contributed by atoms with Crippen LogP contribution in [-0.2, 0) is 4.74 Å². The van der Waals surface area contributed by atoms with Crippen LogP contribution in [0.4, 0.5) is 10.2 Å². The number of rotatable bonds is 6. The average molecular weight is 563 g/mol. The van der Waals surface area contributed by atoms with Gasteiger partial charge in [0.15, 0.2) is 5.82 Å². The second kappa shape index (κ2) is 10.4.